The van der Waals surface area contributed by atoms with Crippen LogP contribution in [-0.4, -0.2) is 19.3 Å². The molecular formula is C20H24O4Si. The summed E-state index contributed by atoms with van der Waals surface area (Å²) in [5.41, 5.74) is 3.91. The Morgan fingerprint density at radius 1 is 1.12 bits per heavy atom. The molecule has 0 spiro atoms. The molecule has 2 rings (SSSR count). The number of hydrogen-bond donors (Lipinski definition) is 1. The predicted octanol–water partition coefficient (Wildman–Crippen LogP) is 5.43. The highest BCUT2D eigenvalue weighted by molar-refractivity contribution is 6.80. The molecule has 0 saturated heterocycles. The van der Waals surface area contributed by atoms with Gasteiger partial charge in [0.05, 0.1) is 8.07 Å². The number of hydrogen-bond acceptors (Lipinski definition) is 3. The van der Waals surface area contributed by atoms with Gasteiger partial charge in [0.1, 0.15) is 18.5 Å². The zero-order valence-electron chi connectivity index (χ0n) is 14.8. The Hall–Kier alpha value is -2.53. The van der Waals surface area contributed by atoms with E-state index >= 15 is 0 Å². The summed E-state index contributed by atoms with van der Waals surface area (Å²) < 4.78 is 10.9. The van der Waals surface area contributed by atoms with Crippen LogP contribution in [0.4, 0.5) is 4.79 Å². The fraction of sp³-hybridized carbons (Fsp3) is 0.250. The molecule has 0 aromatic heterocycles. The maximum absolute atomic E-state index is 11.0. The SMILES string of the molecule is C[Si](C)(C)/C=C/C(OC(=O)O)c1cccc(OCc2ccccc2)c1. The standard InChI is InChI=1S/C20H24O4Si/c1-25(2,3)13-12-19(24-20(21)22)17-10-7-11-18(14-17)23-15-16-8-5-4-6-9-16/h4-14,19H,15H2,1-3H3,(H,21,22)/b13-12+. The minimum Gasteiger partial charge on any atom is -0.489 e. The van der Waals surface area contributed by atoms with Crippen molar-refractivity contribution in [1.29, 1.82) is 0 Å². The van der Waals surface area contributed by atoms with Gasteiger partial charge in [-0.1, -0.05) is 67.8 Å². The van der Waals surface area contributed by atoms with Crippen molar-refractivity contribution in [2.75, 3.05) is 0 Å². The highest BCUT2D eigenvalue weighted by atomic mass is 28.3. The lowest BCUT2D eigenvalue weighted by Crippen LogP contribution is -2.17. The van der Waals surface area contributed by atoms with Crippen LogP contribution in [0.2, 0.25) is 19.6 Å². The maximum Gasteiger partial charge on any atom is 0.506 e. The maximum atomic E-state index is 11.0. The van der Waals surface area contributed by atoms with E-state index in [1.165, 1.54) is 0 Å². The van der Waals surface area contributed by atoms with Crippen LogP contribution < -0.4 is 4.74 Å². The fourth-order valence-corrected chi connectivity index (χ4v) is 2.98. The van der Waals surface area contributed by atoms with Crippen molar-refractivity contribution >= 4 is 14.2 Å². The van der Waals surface area contributed by atoms with Crippen LogP contribution >= 0.6 is 0 Å². The molecule has 0 aliphatic carbocycles. The molecule has 4 nitrogen and oxygen atoms in total. The van der Waals surface area contributed by atoms with E-state index in [1.807, 2.05) is 60.7 Å². The minimum atomic E-state index is -1.46. The second-order valence-corrected chi connectivity index (χ2v) is 11.9. The van der Waals surface area contributed by atoms with Crippen molar-refractivity contribution < 1.29 is 19.4 Å². The second-order valence-electron chi connectivity index (χ2n) is 6.88. The van der Waals surface area contributed by atoms with Gasteiger partial charge in [0.15, 0.2) is 0 Å². The van der Waals surface area contributed by atoms with Crippen LogP contribution in [0.3, 0.4) is 0 Å². The third-order valence-electron chi connectivity index (χ3n) is 3.43. The van der Waals surface area contributed by atoms with Crippen LogP contribution in [-0.2, 0) is 11.3 Å². The Labute approximate surface area is 149 Å². The molecule has 0 bridgehead atoms. The summed E-state index contributed by atoms with van der Waals surface area (Å²) in [7, 11) is -1.46. The van der Waals surface area contributed by atoms with Crippen LogP contribution in [0.1, 0.15) is 17.2 Å². The number of rotatable bonds is 7. The van der Waals surface area contributed by atoms with Gasteiger partial charge < -0.3 is 14.6 Å². The molecular weight excluding hydrogens is 332 g/mol. The molecule has 0 aliphatic rings. The van der Waals surface area contributed by atoms with E-state index in [1.54, 1.807) is 0 Å². The third kappa shape index (κ3) is 6.85. The van der Waals surface area contributed by atoms with E-state index < -0.39 is 20.3 Å². The molecule has 0 aliphatic heterocycles. The van der Waals surface area contributed by atoms with E-state index in [0.717, 1.165) is 11.1 Å². The topological polar surface area (TPSA) is 55.8 Å². The molecule has 5 heteroatoms. The summed E-state index contributed by atoms with van der Waals surface area (Å²) in [6.07, 6.45) is -0.0956. The molecule has 1 unspecified atom stereocenters. The van der Waals surface area contributed by atoms with E-state index in [9.17, 15) is 4.79 Å². The van der Waals surface area contributed by atoms with E-state index in [4.69, 9.17) is 14.6 Å². The van der Waals surface area contributed by atoms with Crippen LogP contribution in [0.5, 0.6) is 5.75 Å². The Balaban J connectivity index is 2.15. The molecule has 25 heavy (non-hydrogen) atoms. The summed E-state index contributed by atoms with van der Waals surface area (Å²) in [5, 5.41) is 9.02. The molecule has 1 N–H and O–H groups in total. The lowest BCUT2D eigenvalue weighted by atomic mass is 10.1. The predicted molar refractivity (Wildman–Crippen MR) is 102 cm³/mol. The molecule has 0 saturated carbocycles. The number of benzene rings is 2. The van der Waals surface area contributed by atoms with Gasteiger partial charge >= 0.3 is 6.16 Å². The third-order valence-corrected chi connectivity index (χ3v) is 4.63. The van der Waals surface area contributed by atoms with E-state index in [2.05, 4.69) is 25.3 Å². The van der Waals surface area contributed by atoms with Crippen LogP contribution in [0.25, 0.3) is 0 Å². The first-order chi connectivity index (χ1) is 11.8. The largest absolute Gasteiger partial charge is 0.506 e. The lowest BCUT2D eigenvalue weighted by Gasteiger charge is -2.16. The summed E-state index contributed by atoms with van der Waals surface area (Å²) in [5.74, 6) is 0.682. The van der Waals surface area contributed by atoms with Gasteiger partial charge in [0.25, 0.3) is 0 Å². The molecule has 132 valence electrons. The zero-order chi connectivity index (χ0) is 18.3. The minimum absolute atomic E-state index is 0.458. The van der Waals surface area contributed by atoms with Crippen molar-refractivity contribution in [3.63, 3.8) is 0 Å². The Bertz CT molecular complexity index is 720. The number of ether oxygens (including phenoxy) is 2. The first-order valence-electron chi connectivity index (χ1n) is 8.19. The average molecular weight is 356 g/mol. The van der Waals surface area contributed by atoms with Crippen molar-refractivity contribution in [2.45, 2.75) is 32.4 Å². The van der Waals surface area contributed by atoms with Gasteiger partial charge in [-0.25, -0.2) is 4.79 Å². The Morgan fingerprint density at radius 2 is 1.84 bits per heavy atom. The molecule has 2 aromatic rings. The Kier molecular flexibility index (Phi) is 6.42. The van der Waals surface area contributed by atoms with Gasteiger partial charge in [0, 0.05) is 5.56 Å². The van der Waals surface area contributed by atoms with E-state index in [0.29, 0.717) is 12.4 Å². The fourth-order valence-electron chi connectivity index (χ4n) is 2.23. The Morgan fingerprint density at radius 3 is 2.48 bits per heavy atom. The van der Waals surface area contributed by atoms with Crippen molar-refractivity contribution in [2.24, 2.45) is 0 Å². The summed E-state index contributed by atoms with van der Waals surface area (Å²) >= 11 is 0. The van der Waals surface area contributed by atoms with Gasteiger partial charge in [-0.15, -0.1) is 0 Å². The summed E-state index contributed by atoms with van der Waals surface area (Å²) in [4.78, 5) is 11.0. The quantitative estimate of drug-likeness (QED) is 0.530. The normalized spacial score (nSPS) is 12.8. The molecule has 0 fully saturated rings. The number of carboxylic acid groups (broad SMARTS) is 1. The summed E-state index contributed by atoms with van der Waals surface area (Å²) in [6.45, 7) is 7.00. The first-order valence-corrected chi connectivity index (χ1v) is 11.8. The smallest absolute Gasteiger partial charge is 0.489 e. The summed E-state index contributed by atoms with van der Waals surface area (Å²) in [6, 6.07) is 17.3. The lowest BCUT2D eigenvalue weighted by molar-refractivity contribution is 0.0689. The van der Waals surface area contributed by atoms with Crippen LogP contribution in [0, 0.1) is 0 Å². The average Bonchev–Trinajstić information content (AvgIpc) is 2.57. The van der Waals surface area contributed by atoms with Gasteiger partial charge in [0.2, 0.25) is 0 Å². The van der Waals surface area contributed by atoms with Gasteiger partial charge in [-0.05, 0) is 23.8 Å². The molecule has 0 heterocycles. The molecule has 0 amide bonds. The van der Waals surface area contributed by atoms with Gasteiger partial charge in [-0.2, -0.15) is 0 Å². The van der Waals surface area contributed by atoms with Crippen molar-refractivity contribution in [1.82, 2.24) is 0 Å². The monoisotopic (exact) mass is 356 g/mol. The van der Waals surface area contributed by atoms with E-state index in [-0.39, 0.29) is 0 Å². The highest BCUT2D eigenvalue weighted by Gasteiger charge is 2.16. The molecule has 0 radical (unpaired) electrons. The van der Waals surface area contributed by atoms with Crippen molar-refractivity contribution in [3.8, 4) is 5.75 Å². The van der Waals surface area contributed by atoms with Gasteiger partial charge in [-0.3, -0.25) is 0 Å². The molecule has 1 atom stereocenters. The molecule has 2 aromatic carbocycles. The first kappa shape index (κ1) is 18.8. The number of carbonyl (C=O) groups is 1. The second kappa shape index (κ2) is 8.53. The highest BCUT2D eigenvalue weighted by Crippen LogP contribution is 2.25. The van der Waals surface area contributed by atoms with Crippen molar-refractivity contribution in [3.05, 3.63) is 77.5 Å². The zero-order valence-corrected chi connectivity index (χ0v) is 15.8. The van der Waals surface area contributed by atoms with Crippen LogP contribution in [0.15, 0.2) is 66.4 Å².